The topological polar surface area (TPSA) is 12.4 Å². The van der Waals surface area contributed by atoms with Gasteiger partial charge in [-0.05, 0) is 6.72 Å². The average molecular weight is 357 g/mol. The molecule has 0 aliphatic carbocycles. The Hall–Kier alpha value is -2.52. The van der Waals surface area contributed by atoms with Crippen LogP contribution in [0.25, 0.3) is 11.1 Å². The molecule has 0 saturated carbocycles. The van der Waals surface area contributed by atoms with Gasteiger partial charge in [-0.1, -0.05) is 0 Å². The summed E-state index contributed by atoms with van der Waals surface area (Å²) in [5, 5.41) is 0. The molecule has 0 heterocycles. The Bertz CT molecular complexity index is 802. The van der Waals surface area contributed by atoms with E-state index in [9.17, 15) is 39.5 Å². The lowest BCUT2D eigenvalue weighted by atomic mass is 9.99. The fourth-order valence-electron chi connectivity index (χ4n) is 1.97. The average Bonchev–Trinajstić information content (AvgIpc) is 2.56. The molecule has 24 heavy (non-hydrogen) atoms. The standard InChI is InChI=1S/C14H4F9N/c1-24-2-3-6(15)8(17)4(9(18)7(3)16)5-10(19)12(21)14(23)13(22)11(5)20/h1-2H2. The van der Waals surface area contributed by atoms with E-state index >= 15 is 0 Å². The van der Waals surface area contributed by atoms with Gasteiger partial charge in [-0.15, -0.1) is 0 Å². The number of hydrogen-bond donors (Lipinski definition) is 0. The summed E-state index contributed by atoms with van der Waals surface area (Å²) in [6, 6.07) is 0. The minimum atomic E-state index is -2.61. The number of hydrogen-bond acceptors (Lipinski definition) is 1. The molecule has 0 fully saturated rings. The van der Waals surface area contributed by atoms with Crippen LogP contribution in [0.1, 0.15) is 5.56 Å². The molecule has 0 spiro atoms. The molecule has 0 atom stereocenters. The minimum Gasteiger partial charge on any atom is -0.296 e. The van der Waals surface area contributed by atoms with Gasteiger partial charge in [-0.25, -0.2) is 39.5 Å². The van der Waals surface area contributed by atoms with Crippen LogP contribution >= 0.6 is 0 Å². The van der Waals surface area contributed by atoms with Crippen molar-refractivity contribution in [2.75, 3.05) is 0 Å². The Kier molecular flexibility index (Phi) is 4.59. The van der Waals surface area contributed by atoms with Gasteiger partial charge in [-0.2, -0.15) is 0 Å². The summed E-state index contributed by atoms with van der Waals surface area (Å²) >= 11 is 0. The molecule has 0 radical (unpaired) electrons. The predicted molar refractivity (Wildman–Crippen MR) is 64.8 cm³/mol. The van der Waals surface area contributed by atoms with Crippen LogP contribution in [-0.4, -0.2) is 6.72 Å². The van der Waals surface area contributed by atoms with E-state index in [0.29, 0.717) is 0 Å². The first kappa shape index (κ1) is 17.8. The van der Waals surface area contributed by atoms with Gasteiger partial charge in [-0.3, -0.25) is 4.99 Å². The largest absolute Gasteiger partial charge is 0.296 e. The Balaban J connectivity index is 2.98. The van der Waals surface area contributed by atoms with E-state index in [4.69, 9.17) is 0 Å². The van der Waals surface area contributed by atoms with Gasteiger partial charge >= 0.3 is 0 Å². The van der Waals surface area contributed by atoms with Crippen molar-refractivity contribution in [3.63, 3.8) is 0 Å². The lowest BCUT2D eigenvalue weighted by Gasteiger charge is -2.13. The Morgan fingerprint density at radius 3 is 1.12 bits per heavy atom. The van der Waals surface area contributed by atoms with Crippen molar-refractivity contribution in [1.29, 1.82) is 0 Å². The van der Waals surface area contributed by atoms with Crippen molar-refractivity contribution in [2.45, 2.75) is 6.54 Å². The summed E-state index contributed by atoms with van der Waals surface area (Å²) in [4.78, 5) is 3.01. The molecule has 0 amide bonds. The van der Waals surface area contributed by atoms with Gasteiger partial charge in [0.1, 0.15) is 0 Å². The molecule has 2 rings (SSSR count). The fourth-order valence-corrected chi connectivity index (χ4v) is 1.97. The molecule has 2 aromatic rings. The number of halogens is 9. The zero-order valence-corrected chi connectivity index (χ0v) is 11.3. The number of benzene rings is 2. The molecule has 0 saturated heterocycles. The first-order valence-corrected chi connectivity index (χ1v) is 5.94. The molecule has 0 aliphatic rings. The van der Waals surface area contributed by atoms with Gasteiger partial charge in [0.2, 0.25) is 5.82 Å². The van der Waals surface area contributed by atoms with E-state index in [2.05, 4.69) is 11.7 Å². The third-order valence-electron chi connectivity index (χ3n) is 3.08. The van der Waals surface area contributed by atoms with Crippen molar-refractivity contribution >= 4 is 6.72 Å². The normalized spacial score (nSPS) is 11.0. The van der Waals surface area contributed by atoms with E-state index < -0.39 is 75.6 Å². The highest BCUT2D eigenvalue weighted by molar-refractivity contribution is 5.67. The summed E-state index contributed by atoms with van der Waals surface area (Å²) in [5.41, 5.74) is -5.45. The van der Waals surface area contributed by atoms with Gasteiger partial charge in [0.15, 0.2) is 46.5 Å². The molecule has 2 aromatic carbocycles. The smallest absolute Gasteiger partial charge is 0.200 e. The highest BCUT2D eigenvalue weighted by Crippen LogP contribution is 2.37. The van der Waals surface area contributed by atoms with Gasteiger partial charge < -0.3 is 0 Å². The lowest BCUT2D eigenvalue weighted by Crippen LogP contribution is -2.10. The molecule has 0 unspecified atom stereocenters. The molecule has 1 nitrogen and oxygen atoms in total. The van der Waals surface area contributed by atoms with Crippen LogP contribution in [0.2, 0.25) is 0 Å². The van der Waals surface area contributed by atoms with E-state index in [0.717, 1.165) is 0 Å². The van der Waals surface area contributed by atoms with Crippen LogP contribution in [0.3, 0.4) is 0 Å². The van der Waals surface area contributed by atoms with E-state index in [1.165, 1.54) is 0 Å². The van der Waals surface area contributed by atoms with Crippen LogP contribution in [-0.2, 0) is 6.54 Å². The molecule has 0 bridgehead atoms. The van der Waals surface area contributed by atoms with Crippen LogP contribution < -0.4 is 0 Å². The SMILES string of the molecule is C=NCc1c(F)c(F)c(-c2c(F)c(F)c(F)c(F)c2F)c(F)c1F. The molecular formula is C14H4F9N. The molecule has 0 aliphatic heterocycles. The predicted octanol–water partition coefficient (Wildman–Crippen LogP) is 4.81. The quantitative estimate of drug-likeness (QED) is 0.324. The van der Waals surface area contributed by atoms with Crippen molar-refractivity contribution < 1.29 is 39.5 Å². The summed E-state index contributed by atoms with van der Waals surface area (Å²) in [6.45, 7) is 1.92. The fraction of sp³-hybridized carbons (Fsp3) is 0.0714. The first-order valence-electron chi connectivity index (χ1n) is 5.94. The maximum atomic E-state index is 13.9. The third kappa shape index (κ3) is 2.42. The lowest BCUT2D eigenvalue weighted by molar-refractivity contribution is 0.379. The zero-order chi connectivity index (χ0) is 18.3. The van der Waals surface area contributed by atoms with E-state index in [-0.39, 0.29) is 0 Å². The van der Waals surface area contributed by atoms with Crippen LogP contribution in [0.5, 0.6) is 0 Å². The number of nitrogens with zero attached hydrogens (tertiary/aromatic N) is 1. The maximum absolute atomic E-state index is 13.9. The molecule has 0 N–H and O–H groups in total. The Morgan fingerprint density at radius 2 is 0.792 bits per heavy atom. The Labute approximate surface area is 128 Å². The molecule has 10 heteroatoms. The van der Waals surface area contributed by atoms with E-state index in [1.54, 1.807) is 0 Å². The first-order chi connectivity index (χ1) is 11.1. The Morgan fingerprint density at radius 1 is 0.500 bits per heavy atom. The van der Waals surface area contributed by atoms with Crippen molar-refractivity contribution in [3.8, 4) is 11.1 Å². The van der Waals surface area contributed by atoms with Crippen LogP contribution in [0.4, 0.5) is 39.5 Å². The molecular weight excluding hydrogens is 353 g/mol. The van der Waals surface area contributed by atoms with Crippen molar-refractivity contribution in [2.24, 2.45) is 4.99 Å². The van der Waals surface area contributed by atoms with E-state index in [1.807, 2.05) is 0 Å². The third-order valence-corrected chi connectivity index (χ3v) is 3.08. The second-order valence-corrected chi connectivity index (χ2v) is 4.44. The van der Waals surface area contributed by atoms with Crippen molar-refractivity contribution in [3.05, 3.63) is 57.9 Å². The second-order valence-electron chi connectivity index (χ2n) is 4.44. The van der Waals surface area contributed by atoms with Crippen molar-refractivity contribution in [1.82, 2.24) is 0 Å². The second kappa shape index (κ2) is 6.17. The van der Waals surface area contributed by atoms with Gasteiger partial charge in [0.05, 0.1) is 23.2 Å². The van der Waals surface area contributed by atoms with Gasteiger partial charge in [0, 0.05) is 0 Å². The monoisotopic (exact) mass is 357 g/mol. The minimum absolute atomic E-state index is 0.928. The van der Waals surface area contributed by atoms with Crippen LogP contribution in [0.15, 0.2) is 4.99 Å². The summed E-state index contributed by atoms with van der Waals surface area (Å²) in [6.07, 6.45) is 0. The molecule has 128 valence electrons. The summed E-state index contributed by atoms with van der Waals surface area (Å²) < 4.78 is 122. The van der Waals surface area contributed by atoms with Crippen LogP contribution in [0, 0.1) is 52.4 Å². The zero-order valence-electron chi connectivity index (χ0n) is 11.3. The maximum Gasteiger partial charge on any atom is 0.200 e. The molecule has 0 aromatic heterocycles. The summed E-state index contributed by atoms with van der Waals surface area (Å²) in [5.74, 6) is -21.8. The number of aliphatic imine (C=N–C) groups is 1. The highest BCUT2D eigenvalue weighted by atomic mass is 19.2. The summed E-state index contributed by atoms with van der Waals surface area (Å²) in [7, 11) is 0. The number of rotatable bonds is 3. The highest BCUT2D eigenvalue weighted by Gasteiger charge is 2.34. The van der Waals surface area contributed by atoms with Gasteiger partial charge in [0.25, 0.3) is 0 Å².